The quantitative estimate of drug-likeness (QED) is 0.743. The molecule has 0 N–H and O–H groups in total. The Labute approximate surface area is 170 Å². The molecule has 2 aliphatic heterocycles. The number of likely N-dealkylation sites (tertiary alicyclic amines) is 1. The molecular formula is C24H25NO4. The molecule has 0 unspecified atom stereocenters. The molecule has 2 aliphatic carbocycles. The summed E-state index contributed by atoms with van der Waals surface area (Å²) in [5.74, 6) is 3.00. The molecule has 4 aliphatic rings. The molecule has 3 heterocycles. The Morgan fingerprint density at radius 1 is 1.45 bits per heavy atom. The van der Waals surface area contributed by atoms with Crippen LogP contribution >= 0.6 is 0 Å². The average Bonchev–Trinajstić information content (AvgIpc) is 3.37. The Morgan fingerprint density at radius 2 is 2.34 bits per heavy atom. The largest absolute Gasteiger partial charge is 0.493 e. The van der Waals surface area contributed by atoms with Gasteiger partial charge in [0.05, 0.1) is 13.4 Å². The molecule has 1 spiro atoms. The third-order valence-corrected chi connectivity index (χ3v) is 7.71. The second-order valence-corrected chi connectivity index (χ2v) is 8.74. The zero-order valence-electron chi connectivity index (χ0n) is 16.6. The third-order valence-electron chi connectivity index (χ3n) is 7.71. The Bertz CT molecular complexity index is 1010. The van der Waals surface area contributed by atoms with Gasteiger partial charge in [-0.05, 0) is 55.5 Å². The second-order valence-electron chi connectivity index (χ2n) is 8.74. The van der Waals surface area contributed by atoms with Crippen LogP contribution in [0.4, 0.5) is 0 Å². The molecule has 1 saturated carbocycles. The molecule has 29 heavy (non-hydrogen) atoms. The Kier molecular flexibility index (Phi) is 3.58. The highest BCUT2D eigenvalue weighted by Gasteiger charge is 2.66. The van der Waals surface area contributed by atoms with E-state index in [4.69, 9.17) is 13.9 Å². The average molecular weight is 391 g/mol. The Hall–Kier alpha value is -2.53. The summed E-state index contributed by atoms with van der Waals surface area (Å²) in [6.45, 7) is 5.82. The number of ether oxygens (including phenoxy) is 2. The van der Waals surface area contributed by atoms with Gasteiger partial charge in [0.2, 0.25) is 0 Å². The van der Waals surface area contributed by atoms with E-state index in [1.807, 2.05) is 24.3 Å². The highest BCUT2D eigenvalue weighted by Crippen LogP contribution is 2.64. The van der Waals surface area contributed by atoms with E-state index in [1.54, 1.807) is 13.4 Å². The topological polar surface area (TPSA) is 51.9 Å². The number of benzene rings is 1. The maximum atomic E-state index is 13.0. The SMILES string of the molecule is C=CCN1CC[C@@]23c4c5c(-c6ccco6)cc(OC)c4O[C@@H]2C(=O)CC[C@@H]3[C@@H]1C5. The van der Waals surface area contributed by atoms with E-state index in [0.29, 0.717) is 24.1 Å². The Balaban J connectivity index is 1.65. The van der Waals surface area contributed by atoms with Crippen molar-refractivity contribution in [2.75, 3.05) is 20.2 Å². The van der Waals surface area contributed by atoms with Crippen LogP contribution in [0, 0.1) is 5.92 Å². The molecule has 1 aromatic carbocycles. The predicted molar refractivity (Wildman–Crippen MR) is 108 cm³/mol. The van der Waals surface area contributed by atoms with Crippen molar-refractivity contribution in [3.8, 4) is 22.8 Å². The number of piperidine rings is 1. The molecule has 2 bridgehead atoms. The van der Waals surface area contributed by atoms with Crippen LogP contribution in [0.2, 0.25) is 0 Å². The summed E-state index contributed by atoms with van der Waals surface area (Å²) in [5, 5.41) is 0. The lowest BCUT2D eigenvalue weighted by atomic mass is 9.51. The molecule has 6 rings (SSSR count). The summed E-state index contributed by atoms with van der Waals surface area (Å²) >= 11 is 0. The number of Topliss-reactive ketones (excluding diaryl/α,β-unsaturated/α-hetero) is 1. The number of nitrogens with zero attached hydrogens (tertiary/aromatic N) is 1. The normalized spacial score (nSPS) is 31.9. The van der Waals surface area contributed by atoms with Crippen LogP contribution in [0.1, 0.15) is 30.4 Å². The lowest BCUT2D eigenvalue weighted by Gasteiger charge is -2.57. The molecule has 5 heteroatoms. The summed E-state index contributed by atoms with van der Waals surface area (Å²) < 4.78 is 18.0. The lowest BCUT2D eigenvalue weighted by Crippen LogP contribution is -2.66. The molecule has 1 aromatic heterocycles. The minimum Gasteiger partial charge on any atom is -0.493 e. The van der Waals surface area contributed by atoms with Gasteiger partial charge in [0.1, 0.15) is 5.76 Å². The smallest absolute Gasteiger partial charge is 0.174 e. The standard InChI is InChI=1S/C24H25NO4/c1-3-9-25-10-8-24-16-6-7-18(26)23(24)29-22-20(27-2)13-14(19-5-4-11-28-19)15(21(22)24)12-17(16)25/h3-5,11,13,16-17,23H,1,6-10,12H2,2H3/t16-,17+,23-,24-/m1/s1. The first-order valence-electron chi connectivity index (χ1n) is 10.5. The number of ketones is 1. The molecule has 2 fully saturated rings. The molecule has 150 valence electrons. The molecular weight excluding hydrogens is 366 g/mol. The van der Waals surface area contributed by atoms with E-state index in [9.17, 15) is 4.79 Å². The highest BCUT2D eigenvalue weighted by molar-refractivity contribution is 5.90. The maximum absolute atomic E-state index is 13.0. The minimum absolute atomic E-state index is 0.239. The van der Waals surface area contributed by atoms with Crippen molar-refractivity contribution < 1.29 is 18.7 Å². The van der Waals surface area contributed by atoms with E-state index in [0.717, 1.165) is 49.4 Å². The fraction of sp³-hybridized carbons (Fsp3) is 0.458. The summed E-state index contributed by atoms with van der Waals surface area (Å²) in [7, 11) is 1.67. The number of hydrogen-bond acceptors (Lipinski definition) is 5. The molecule has 0 amide bonds. The Morgan fingerprint density at radius 3 is 3.10 bits per heavy atom. The number of furan rings is 1. The zero-order chi connectivity index (χ0) is 19.8. The van der Waals surface area contributed by atoms with Crippen LogP contribution in [0.15, 0.2) is 41.5 Å². The summed E-state index contributed by atoms with van der Waals surface area (Å²) in [6, 6.07) is 6.33. The number of rotatable bonds is 4. The summed E-state index contributed by atoms with van der Waals surface area (Å²) in [5.41, 5.74) is 3.32. The maximum Gasteiger partial charge on any atom is 0.174 e. The van der Waals surface area contributed by atoms with Gasteiger partial charge in [-0.2, -0.15) is 0 Å². The van der Waals surface area contributed by atoms with E-state index in [2.05, 4.69) is 11.5 Å². The van der Waals surface area contributed by atoms with Crippen molar-refractivity contribution in [2.24, 2.45) is 5.92 Å². The van der Waals surface area contributed by atoms with Crippen molar-refractivity contribution >= 4 is 5.78 Å². The van der Waals surface area contributed by atoms with E-state index in [1.165, 1.54) is 11.1 Å². The van der Waals surface area contributed by atoms with Crippen LogP contribution in [0.25, 0.3) is 11.3 Å². The monoisotopic (exact) mass is 391 g/mol. The summed E-state index contributed by atoms with van der Waals surface area (Å²) in [6.07, 6.45) is 6.73. The molecule has 1 saturated heterocycles. The zero-order valence-corrected chi connectivity index (χ0v) is 16.6. The fourth-order valence-corrected chi connectivity index (χ4v) is 6.68. The fourth-order valence-electron chi connectivity index (χ4n) is 6.68. The van der Waals surface area contributed by atoms with Gasteiger partial charge in [-0.1, -0.05) is 6.08 Å². The first kappa shape index (κ1) is 17.3. The number of methoxy groups -OCH3 is 1. The molecule has 5 nitrogen and oxygen atoms in total. The first-order valence-corrected chi connectivity index (χ1v) is 10.5. The number of hydrogen-bond donors (Lipinski definition) is 0. The van der Waals surface area contributed by atoms with E-state index in [-0.39, 0.29) is 17.3 Å². The third kappa shape index (κ3) is 2.06. The molecule has 4 atom stereocenters. The second kappa shape index (κ2) is 5.99. The van der Waals surface area contributed by atoms with Gasteiger partial charge < -0.3 is 13.9 Å². The van der Waals surface area contributed by atoms with Gasteiger partial charge in [-0.15, -0.1) is 6.58 Å². The van der Waals surface area contributed by atoms with Crippen LogP contribution in [0.3, 0.4) is 0 Å². The van der Waals surface area contributed by atoms with Gasteiger partial charge in [0, 0.05) is 35.5 Å². The van der Waals surface area contributed by atoms with Gasteiger partial charge in [-0.3, -0.25) is 9.69 Å². The van der Waals surface area contributed by atoms with Gasteiger partial charge >= 0.3 is 0 Å². The number of carbonyl (C=O) groups is 1. The lowest BCUT2D eigenvalue weighted by molar-refractivity contribution is -0.138. The van der Waals surface area contributed by atoms with Crippen molar-refractivity contribution in [1.29, 1.82) is 0 Å². The molecule has 2 aromatic rings. The van der Waals surface area contributed by atoms with Crippen LogP contribution in [0.5, 0.6) is 11.5 Å². The van der Waals surface area contributed by atoms with Crippen molar-refractivity contribution in [2.45, 2.75) is 43.2 Å². The minimum atomic E-state index is -0.385. The number of carbonyl (C=O) groups excluding carboxylic acids is 1. The predicted octanol–water partition coefficient (Wildman–Crippen LogP) is 3.75. The van der Waals surface area contributed by atoms with Gasteiger partial charge in [0.25, 0.3) is 0 Å². The van der Waals surface area contributed by atoms with Crippen molar-refractivity contribution in [3.05, 3.63) is 48.2 Å². The van der Waals surface area contributed by atoms with Crippen LogP contribution in [-0.4, -0.2) is 43.0 Å². The summed E-state index contributed by atoms with van der Waals surface area (Å²) in [4.78, 5) is 15.6. The van der Waals surface area contributed by atoms with E-state index < -0.39 is 0 Å². The van der Waals surface area contributed by atoms with Crippen molar-refractivity contribution in [3.63, 3.8) is 0 Å². The first-order chi connectivity index (χ1) is 14.2. The highest BCUT2D eigenvalue weighted by atomic mass is 16.5. The van der Waals surface area contributed by atoms with Crippen LogP contribution in [-0.2, 0) is 16.6 Å². The van der Waals surface area contributed by atoms with Gasteiger partial charge in [-0.25, -0.2) is 0 Å². The van der Waals surface area contributed by atoms with Crippen molar-refractivity contribution in [1.82, 2.24) is 4.90 Å². The van der Waals surface area contributed by atoms with Gasteiger partial charge in [0.15, 0.2) is 23.4 Å². The van der Waals surface area contributed by atoms with E-state index >= 15 is 0 Å². The van der Waals surface area contributed by atoms with Crippen LogP contribution < -0.4 is 9.47 Å². The molecule has 0 radical (unpaired) electrons.